The van der Waals surface area contributed by atoms with Gasteiger partial charge in [-0.15, -0.1) is 0 Å². The van der Waals surface area contributed by atoms with Gasteiger partial charge in [0.2, 0.25) is 0 Å². The van der Waals surface area contributed by atoms with Gasteiger partial charge in [-0.1, -0.05) is 0 Å². The Kier molecular flexibility index (Phi) is 1.72. The highest BCUT2D eigenvalue weighted by Gasteiger charge is 2.34. The maximum Gasteiger partial charge on any atom is 0.333 e. The first kappa shape index (κ1) is 7.21. The molecule has 1 N–H and O–H groups in total. The molecule has 56 valence electrons. The number of hydrogen-bond acceptors (Lipinski definition) is 3. The number of carboxylic acids is 1. The second kappa shape index (κ2) is 2.38. The molecule has 0 aromatic rings. The van der Waals surface area contributed by atoms with Gasteiger partial charge in [-0.05, 0) is 6.92 Å². The second-order valence-electron chi connectivity index (χ2n) is 2.28. The van der Waals surface area contributed by atoms with Crippen LogP contribution in [0.15, 0.2) is 0 Å². The standard InChI is InChI=1S/C6H8O4/c1-3-4(7)2-5(10-3)6(8)9/h3,5H,2H2,1H3,(H,8,9). The SMILES string of the molecule is CC1OC(C(=O)O)CC1=O. The van der Waals surface area contributed by atoms with Gasteiger partial charge in [-0.2, -0.15) is 0 Å². The summed E-state index contributed by atoms with van der Waals surface area (Å²) in [6.07, 6.45) is -1.44. The Morgan fingerprint density at radius 3 is 2.60 bits per heavy atom. The van der Waals surface area contributed by atoms with Crippen molar-refractivity contribution >= 4 is 11.8 Å². The predicted octanol–water partition coefficient (Wildman–Crippen LogP) is -0.182. The zero-order valence-electron chi connectivity index (χ0n) is 5.53. The van der Waals surface area contributed by atoms with Gasteiger partial charge in [0, 0.05) is 6.42 Å². The van der Waals surface area contributed by atoms with Crippen LogP contribution in [0.3, 0.4) is 0 Å². The fourth-order valence-corrected chi connectivity index (χ4v) is 0.865. The molecule has 1 heterocycles. The lowest BCUT2D eigenvalue weighted by Crippen LogP contribution is -2.19. The lowest BCUT2D eigenvalue weighted by molar-refractivity contribution is -0.149. The number of rotatable bonds is 1. The number of hydrogen-bond donors (Lipinski definition) is 1. The molecule has 0 amide bonds. The number of ketones is 1. The molecule has 0 aliphatic carbocycles. The molecule has 4 nitrogen and oxygen atoms in total. The molecular weight excluding hydrogens is 136 g/mol. The largest absolute Gasteiger partial charge is 0.479 e. The molecule has 0 aromatic carbocycles. The summed E-state index contributed by atoms with van der Waals surface area (Å²) in [5.41, 5.74) is 0. The molecule has 0 spiro atoms. The van der Waals surface area contributed by atoms with Gasteiger partial charge >= 0.3 is 5.97 Å². The van der Waals surface area contributed by atoms with Crippen molar-refractivity contribution in [3.63, 3.8) is 0 Å². The van der Waals surface area contributed by atoms with Crippen LogP contribution in [0.25, 0.3) is 0 Å². The molecule has 1 aliphatic heterocycles. The van der Waals surface area contributed by atoms with E-state index in [9.17, 15) is 9.59 Å². The van der Waals surface area contributed by atoms with Gasteiger partial charge in [0.1, 0.15) is 6.10 Å². The quantitative estimate of drug-likeness (QED) is 0.554. The Bertz CT molecular complexity index is 175. The number of carbonyl (C=O) groups is 2. The summed E-state index contributed by atoms with van der Waals surface area (Å²) in [6, 6.07) is 0. The Balaban J connectivity index is 2.57. The molecule has 1 saturated heterocycles. The van der Waals surface area contributed by atoms with E-state index in [4.69, 9.17) is 9.84 Å². The minimum absolute atomic E-state index is 0.0104. The predicted molar refractivity (Wildman–Crippen MR) is 31.6 cm³/mol. The summed E-state index contributed by atoms with van der Waals surface area (Å²) in [6.45, 7) is 1.56. The molecule has 2 atom stereocenters. The molecule has 2 unspecified atom stereocenters. The van der Waals surface area contributed by atoms with Crippen molar-refractivity contribution < 1.29 is 19.4 Å². The van der Waals surface area contributed by atoms with Crippen LogP contribution in [0.4, 0.5) is 0 Å². The average molecular weight is 144 g/mol. The number of ether oxygens (including phenoxy) is 1. The van der Waals surface area contributed by atoms with Crippen molar-refractivity contribution in [1.82, 2.24) is 0 Å². The van der Waals surface area contributed by atoms with Crippen LogP contribution in [0, 0.1) is 0 Å². The molecular formula is C6H8O4. The fraction of sp³-hybridized carbons (Fsp3) is 0.667. The maximum absolute atomic E-state index is 10.7. The summed E-state index contributed by atoms with van der Waals surface area (Å²) in [4.78, 5) is 20.9. The molecule has 4 heteroatoms. The number of carbonyl (C=O) groups excluding carboxylic acids is 1. The Hall–Kier alpha value is -0.900. The van der Waals surface area contributed by atoms with E-state index in [1.165, 1.54) is 0 Å². The highest BCUT2D eigenvalue weighted by Crippen LogP contribution is 2.15. The first-order valence-electron chi connectivity index (χ1n) is 3.02. The van der Waals surface area contributed by atoms with E-state index in [2.05, 4.69) is 0 Å². The van der Waals surface area contributed by atoms with E-state index < -0.39 is 18.2 Å². The highest BCUT2D eigenvalue weighted by atomic mass is 16.5. The first-order chi connectivity index (χ1) is 4.61. The van der Waals surface area contributed by atoms with E-state index in [0.29, 0.717) is 0 Å². The summed E-state index contributed by atoms with van der Waals surface area (Å²) >= 11 is 0. The normalized spacial score (nSPS) is 32.7. The lowest BCUT2D eigenvalue weighted by atomic mass is 10.2. The van der Waals surface area contributed by atoms with Crippen LogP contribution in [-0.4, -0.2) is 29.1 Å². The third-order valence-electron chi connectivity index (χ3n) is 1.48. The summed E-state index contributed by atoms with van der Waals surface area (Å²) < 4.78 is 4.79. The van der Waals surface area contributed by atoms with E-state index in [-0.39, 0.29) is 12.2 Å². The van der Waals surface area contributed by atoms with Crippen LogP contribution >= 0.6 is 0 Å². The van der Waals surface area contributed by atoms with E-state index in [1.54, 1.807) is 6.92 Å². The number of aliphatic carboxylic acids is 1. The molecule has 1 aliphatic rings. The molecule has 0 radical (unpaired) electrons. The molecule has 10 heavy (non-hydrogen) atoms. The third-order valence-corrected chi connectivity index (χ3v) is 1.48. The molecule has 1 fully saturated rings. The van der Waals surface area contributed by atoms with Gasteiger partial charge in [0.25, 0.3) is 0 Å². The summed E-state index contributed by atoms with van der Waals surface area (Å²) in [5.74, 6) is -1.19. The van der Waals surface area contributed by atoms with Crippen molar-refractivity contribution in [1.29, 1.82) is 0 Å². The van der Waals surface area contributed by atoms with Crippen molar-refractivity contribution in [2.45, 2.75) is 25.6 Å². The molecule has 0 bridgehead atoms. The van der Waals surface area contributed by atoms with E-state index in [1.807, 2.05) is 0 Å². The van der Waals surface area contributed by atoms with Crippen LogP contribution in [-0.2, 0) is 14.3 Å². The van der Waals surface area contributed by atoms with Crippen molar-refractivity contribution in [3.05, 3.63) is 0 Å². The van der Waals surface area contributed by atoms with Gasteiger partial charge in [-0.25, -0.2) is 4.79 Å². The minimum atomic E-state index is -1.06. The monoisotopic (exact) mass is 144 g/mol. The minimum Gasteiger partial charge on any atom is -0.479 e. The Labute approximate surface area is 57.8 Å². The molecule has 1 rings (SSSR count). The van der Waals surface area contributed by atoms with Gasteiger partial charge < -0.3 is 9.84 Å². The Morgan fingerprint density at radius 2 is 2.40 bits per heavy atom. The number of Topliss-reactive ketones (excluding diaryl/α,β-unsaturated/α-hetero) is 1. The first-order valence-corrected chi connectivity index (χ1v) is 3.02. The zero-order chi connectivity index (χ0) is 7.72. The molecule has 0 aromatic heterocycles. The van der Waals surface area contributed by atoms with Gasteiger partial charge in [0.05, 0.1) is 0 Å². The zero-order valence-corrected chi connectivity index (χ0v) is 5.53. The van der Waals surface area contributed by atoms with Gasteiger partial charge in [0.15, 0.2) is 11.9 Å². The topological polar surface area (TPSA) is 63.6 Å². The fourth-order valence-electron chi connectivity index (χ4n) is 0.865. The van der Waals surface area contributed by atoms with E-state index >= 15 is 0 Å². The average Bonchev–Trinajstić information content (AvgIpc) is 2.13. The third kappa shape index (κ3) is 1.16. The van der Waals surface area contributed by atoms with Crippen LogP contribution < -0.4 is 0 Å². The molecule has 0 saturated carbocycles. The second-order valence-corrected chi connectivity index (χ2v) is 2.28. The summed E-state index contributed by atoms with van der Waals surface area (Å²) in [7, 11) is 0. The maximum atomic E-state index is 10.7. The van der Waals surface area contributed by atoms with Crippen LogP contribution in [0.2, 0.25) is 0 Å². The van der Waals surface area contributed by atoms with E-state index in [0.717, 1.165) is 0 Å². The lowest BCUT2D eigenvalue weighted by Gasteiger charge is -2.01. The van der Waals surface area contributed by atoms with Crippen molar-refractivity contribution in [2.24, 2.45) is 0 Å². The summed E-state index contributed by atoms with van der Waals surface area (Å²) in [5, 5.41) is 8.37. The smallest absolute Gasteiger partial charge is 0.333 e. The van der Waals surface area contributed by atoms with Crippen molar-refractivity contribution in [2.75, 3.05) is 0 Å². The van der Waals surface area contributed by atoms with Crippen molar-refractivity contribution in [3.8, 4) is 0 Å². The van der Waals surface area contributed by atoms with Gasteiger partial charge in [-0.3, -0.25) is 4.79 Å². The Morgan fingerprint density at radius 1 is 1.80 bits per heavy atom. The highest BCUT2D eigenvalue weighted by molar-refractivity contribution is 5.90. The van der Waals surface area contributed by atoms with Crippen LogP contribution in [0.1, 0.15) is 13.3 Å². The number of carboxylic acid groups (broad SMARTS) is 1. The van der Waals surface area contributed by atoms with Crippen LogP contribution in [0.5, 0.6) is 0 Å².